The van der Waals surface area contributed by atoms with Gasteiger partial charge in [0.15, 0.2) is 4.32 Å². The minimum absolute atomic E-state index is 0.0395. The van der Waals surface area contributed by atoms with E-state index >= 15 is 0 Å². The average molecular weight is 564 g/mol. The first kappa shape index (κ1) is 26.5. The maximum absolute atomic E-state index is 13.9. The van der Waals surface area contributed by atoms with Gasteiger partial charge < -0.3 is 9.84 Å². The monoisotopic (exact) mass is 563 g/mol. The van der Waals surface area contributed by atoms with Crippen LogP contribution in [0, 0.1) is 0 Å². The van der Waals surface area contributed by atoms with Crippen molar-refractivity contribution in [2.75, 3.05) is 12.0 Å². The second-order valence-electron chi connectivity index (χ2n) is 8.59. The van der Waals surface area contributed by atoms with Gasteiger partial charge in [0.1, 0.15) is 11.5 Å². The maximum Gasteiger partial charge on any atom is 0.416 e. The Balaban J connectivity index is 1.74. The van der Waals surface area contributed by atoms with E-state index in [2.05, 4.69) is 0 Å². The number of rotatable bonds is 5. The highest BCUT2D eigenvalue weighted by Crippen LogP contribution is 2.45. The van der Waals surface area contributed by atoms with Crippen LogP contribution >= 0.6 is 24.0 Å². The second kappa shape index (κ2) is 10.6. The number of nitrogens with zero attached hydrogens (tertiary/aromatic N) is 1. The van der Waals surface area contributed by atoms with Crippen LogP contribution in [0.5, 0.6) is 11.5 Å². The highest BCUT2D eigenvalue weighted by Gasteiger charge is 2.38. The van der Waals surface area contributed by atoms with Crippen molar-refractivity contribution in [3.63, 3.8) is 0 Å². The van der Waals surface area contributed by atoms with Crippen molar-refractivity contribution >= 4 is 45.5 Å². The molecule has 5 rings (SSSR count). The fraction of sp³-hybridized carbons (Fsp3) is 0.0667. The van der Waals surface area contributed by atoms with Gasteiger partial charge in [-0.2, -0.15) is 13.2 Å². The molecule has 0 bridgehead atoms. The molecule has 1 saturated heterocycles. The van der Waals surface area contributed by atoms with Crippen molar-refractivity contribution < 1.29 is 27.8 Å². The van der Waals surface area contributed by atoms with E-state index in [0.29, 0.717) is 33.6 Å². The molecule has 0 spiro atoms. The summed E-state index contributed by atoms with van der Waals surface area (Å²) in [6.07, 6.45) is -4.57. The quantitative estimate of drug-likeness (QED) is 0.198. The molecule has 0 atom stereocenters. The number of hydrogen-bond acceptors (Lipinski definition) is 5. The van der Waals surface area contributed by atoms with E-state index in [4.69, 9.17) is 17.0 Å². The van der Waals surface area contributed by atoms with Gasteiger partial charge in [-0.1, -0.05) is 78.6 Å². The number of halogens is 3. The van der Waals surface area contributed by atoms with E-state index in [1.165, 1.54) is 12.1 Å². The van der Waals surface area contributed by atoms with E-state index in [1.54, 1.807) is 37.4 Å². The molecular formula is C30H20F3NO3S2. The van der Waals surface area contributed by atoms with Crippen molar-refractivity contribution in [1.82, 2.24) is 0 Å². The number of alkyl halides is 3. The van der Waals surface area contributed by atoms with Crippen LogP contribution in [0.25, 0.3) is 16.7 Å². The number of aromatic hydroxyl groups is 1. The average Bonchev–Trinajstić information content (AvgIpc) is 3.22. The summed E-state index contributed by atoms with van der Waals surface area (Å²) >= 11 is 6.55. The SMILES string of the molecule is COc1ccc(C(=C2SC(=S)N(c3cccc(C(F)(F)F)c3)C2=O)c2ccccc2)c(-c2cccc(O)c2)c1. The van der Waals surface area contributed by atoms with Crippen LogP contribution in [0.4, 0.5) is 18.9 Å². The van der Waals surface area contributed by atoms with E-state index < -0.39 is 17.6 Å². The molecule has 0 unspecified atom stereocenters. The van der Waals surface area contributed by atoms with Crippen LogP contribution in [-0.2, 0) is 11.0 Å². The normalized spacial score (nSPS) is 15.0. The minimum atomic E-state index is -4.57. The van der Waals surface area contributed by atoms with Crippen LogP contribution < -0.4 is 9.64 Å². The van der Waals surface area contributed by atoms with Crippen LogP contribution in [-0.4, -0.2) is 22.4 Å². The summed E-state index contributed by atoms with van der Waals surface area (Å²) in [7, 11) is 1.54. The fourth-order valence-electron chi connectivity index (χ4n) is 4.36. The molecule has 1 aliphatic rings. The lowest BCUT2D eigenvalue weighted by molar-refractivity contribution is -0.137. The molecule has 0 aliphatic carbocycles. The molecule has 0 aromatic heterocycles. The van der Waals surface area contributed by atoms with Crippen LogP contribution in [0.15, 0.2) is 102 Å². The molecule has 1 heterocycles. The standard InChI is InChI=1S/C30H20F3NO3S2/c1-37-23-13-14-24(25(17-23)19-9-5-12-22(35)15-19)26(18-7-3-2-4-8-18)27-28(36)34(29(38)39-27)21-11-6-10-20(16-21)30(31,32)33/h2-17,35H,1H3. The topological polar surface area (TPSA) is 49.8 Å². The predicted molar refractivity (Wildman–Crippen MR) is 152 cm³/mol. The Kier molecular flexibility index (Phi) is 7.20. The van der Waals surface area contributed by atoms with E-state index in [0.717, 1.165) is 28.8 Å². The summed E-state index contributed by atoms with van der Waals surface area (Å²) < 4.78 is 45.8. The Labute approximate surface area is 232 Å². The number of benzene rings is 4. The number of thiocarbonyl (C=S) groups is 1. The van der Waals surface area contributed by atoms with Gasteiger partial charge in [-0.05, 0) is 64.7 Å². The zero-order valence-electron chi connectivity index (χ0n) is 20.4. The van der Waals surface area contributed by atoms with Gasteiger partial charge in [-0.15, -0.1) is 0 Å². The third-order valence-corrected chi connectivity index (χ3v) is 7.52. The molecule has 4 aromatic rings. The lowest BCUT2D eigenvalue weighted by Crippen LogP contribution is -2.28. The third-order valence-electron chi connectivity index (χ3n) is 6.14. The number of amides is 1. The van der Waals surface area contributed by atoms with Gasteiger partial charge in [-0.25, -0.2) is 0 Å². The summed E-state index contributed by atoms with van der Waals surface area (Å²) in [6, 6.07) is 25.8. The summed E-state index contributed by atoms with van der Waals surface area (Å²) in [5.74, 6) is 0.111. The first-order valence-corrected chi connectivity index (χ1v) is 12.9. The number of carbonyl (C=O) groups is 1. The number of phenols is 1. The van der Waals surface area contributed by atoms with Gasteiger partial charge in [0, 0.05) is 5.57 Å². The molecule has 9 heteroatoms. The zero-order valence-corrected chi connectivity index (χ0v) is 22.0. The molecule has 4 nitrogen and oxygen atoms in total. The van der Waals surface area contributed by atoms with Gasteiger partial charge >= 0.3 is 6.18 Å². The van der Waals surface area contributed by atoms with Crippen molar-refractivity contribution in [2.24, 2.45) is 0 Å². The first-order chi connectivity index (χ1) is 18.7. The molecule has 1 amide bonds. The number of phenolic OH excluding ortho intramolecular Hbond substituents is 1. The molecule has 1 fully saturated rings. The number of carbonyl (C=O) groups excluding carboxylic acids is 1. The Hall–Kier alpha value is -4.08. The molecular weight excluding hydrogens is 543 g/mol. The number of methoxy groups -OCH3 is 1. The highest BCUT2D eigenvalue weighted by atomic mass is 32.2. The summed E-state index contributed by atoms with van der Waals surface area (Å²) in [6.45, 7) is 0. The molecule has 39 heavy (non-hydrogen) atoms. The molecule has 0 saturated carbocycles. The number of anilines is 1. The molecule has 196 valence electrons. The van der Waals surface area contributed by atoms with E-state index in [9.17, 15) is 23.1 Å². The molecule has 0 radical (unpaired) electrons. The molecule has 1 aliphatic heterocycles. The maximum atomic E-state index is 13.9. The van der Waals surface area contributed by atoms with Crippen LogP contribution in [0.3, 0.4) is 0 Å². The third kappa shape index (κ3) is 5.28. The van der Waals surface area contributed by atoms with Gasteiger partial charge in [0.25, 0.3) is 5.91 Å². The second-order valence-corrected chi connectivity index (χ2v) is 10.2. The van der Waals surface area contributed by atoms with E-state index in [1.807, 2.05) is 42.5 Å². The van der Waals surface area contributed by atoms with Crippen molar-refractivity contribution in [3.05, 3.63) is 119 Å². The number of ether oxygens (including phenoxy) is 1. The Morgan fingerprint density at radius 2 is 1.67 bits per heavy atom. The number of thioether (sulfide) groups is 1. The van der Waals surface area contributed by atoms with Gasteiger partial charge in [-0.3, -0.25) is 9.69 Å². The fourth-order valence-corrected chi connectivity index (χ4v) is 5.76. The summed E-state index contributed by atoms with van der Waals surface area (Å²) in [5.41, 5.74) is 2.48. The first-order valence-electron chi connectivity index (χ1n) is 11.7. The number of hydrogen-bond donors (Lipinski definition) is 1. The predicted octanol–water partition coefficient (Wildman–Crippen LogP) is 7.91. The smallest absolute Gasteiger partial charge is 0.416 e. The largest absolute Gasteiger partial charge is 0.508 e. The van der Waals surface area contributed by atoms with Crippen LogP contribution in [0.2, 0.25) is 0 Å². The highest BCUT2D eigenvalue weighted by molar-refractivity contribution is 8.27. The lowest BCUT2D eigenvalue weighted by Gasteiger charge is -2.18. The van der Waals surface area contributed by atoms with Crippen molar-refractivity contribution in [3.8, 4) is 22.6 Å². The van der Waals surface area contributed by atoms with Crippen LogP contribution in [0.1, 0.15) is 16.7 Å². The van der Waals surface area contributed by atoms with Gasteiger partial charge in [0.2, 0.25) is 0 Å². The molecule has 1 N–H and O–H groups in total. The lowest BCUT2D eigenvalue weighted by atomic mass is 9.89. The Bertz CT molecular complexity index is 1620. The summed E-state index contributed by atoms with van der Waals surface area (Å²) in [4.78, 5) is 15.3. The summed E-state index contributed by atoms with van der Waals surface area (Å²) in [5, 5.41) is 10.2. The Morgan fingerprint density at radius 3 is 2.36 bits per heavy atom. The van der Waals surface area contributed by atoms with Crippen molar-refractivity contribution in [1.29, 1.82) is 0 Å². The Morgan fingerprint density at radius 1 is 0.923 bits per heavy atom. The van der Waals surface area contributed by atoms with E-state index in [-0.39, 0.29) is 20.7 Å². The zero-order chi connectivity index (χ0) is 27.7. The molecule has 4 aromatic carbocycles. The minimum Gasteiger partial charge on any atom is -0.508 e. The van der Waals surface area contributed by atoms with Crippen molar-refractivity contribution in [2.45, 2.75) is 6.18 Å². The van der Waals surface area contributed by atoms with Gasteiger partial charge in [0.05, 0.1) is 23.3 Å².